The predicted octanol–water partition coefficient (Wildman–Crippen LogP) is 2.08. The molecule has 0 aromatic heterocycles. The van der Waals surface area contributed by atoms with Crippen LogP contribution in [0.2, 0.25) is 0 Å². The maximum Gasteiger partial charge on any atom is 0.0761 e. The number of nitrogens with zero attached hydrogens (tertiary/aromatic N) is 2. The Bertz CT molecular complexity index is 341. The molecule has 4 nitrogen and oxygen atoms in total. The largest absolute Gasteiger partial charge is 0.367 e. The molecule has 2 rings (SSSR count). The third-order valence-electron chi connectivity index (χ3n) is 5.21. The van der Waals surface area contributed by atoms with Crippen molar-refractivity contribution in [2.45, 2.75) is 77.2 Å². The Kier molecular flexibility index (Phi) is 4.75. The highest BCUT2D eigenvalue weighted by Crippen LogP contribution is 2.37. The molecule has 0 saturated carbocycles. The second-order valence-corrected chi connectivity index (χ2v) is 8.54. The van der Waals surface area contributed by atoms with Gasteiger partial charge in [-0.15, -0.1) is 0 Å². The van der Waals surface area contributed by atoms with Crippen LogP contribution in [0.15, 0.2) is 0 Å². The van der Waals surface area contributed by atoms with Crippen LogP contribution < -0.4 is 5.73 Å². The molecule has 2 aliphatic heterocycles. The van der Waals surface area contributed by atoms with Gasteiger partial charge in [0.05, 0.1) is 11.2 Å². The summed E-state index contributed by atoms with van der Waals surface area (Å²) in [5, 5.41) is 0. The second-order valence-electron chi connectivity index (χ2n) is 8.54. The molecule has 0 bridgehead atoms. The van der Waals surface area contributed by atoms with E-state index in [1.165, 1.54) is 12.8 Å². The predicted molar refractivity (Wildman–Crippen MR) is 88.5 cm³/mol. The zero-order valence-electron chi connectivity index (χ0n) is 14.9. The van der Waals surface area contributed by atoms with Crippen molar-refractivity contribution >= 4 is 0 Å². The Balaban J connectivity index is 2.14. The fourth-order valence-electron chi connectivity index (χ4n) is 4.23. The molecule has 2 aliphatic rings. The zero-order valence-corrected chi connectivity index (χ0v) is 14.9. The highest BCUT2D eigenvalue weighted by Gasteiger charge is 2.47. The first-order valence-electron chi connectivity index (χ1n) is 8.49. The van der Waals surface area contributed by atoms with Crippen LogP contribution in [0.5, 0.6) is 0 Å². The van der Waals surface area contributed by atoms with Gasteiger partial charge in [0.15, 0.2) is 0 Å². The summed E-state index contributed by atoms with van der Waals surface area (Å²) in [4.78, 5) is 5.21. The van der Waals surface area contributed by atoms with Crippen LogP contribution in [0.1, 0.15) is 54.4 Å². The van der Waals surface area contributed by atoms with E-state index in [1.54, 1.807) is 0 Å². The molecular formula is C17H35N3O. The highest BCUT2D eigenvalue weighted by atomic mass is 16.5. The van der Waals surface area contributed by atoms with Crippen LogP contribution in [-0.2, 0) is 4.74 Å². The number of likely N-dealkylation sites (tertiary alicyclic amines) is 1. The van der Waals surface area contributed by atoms with Crippen molar-refractivity contribution < 1.29 is 4.74 Å². The van der Waals surface area contributed by atoms with Crippen LogP contribution in [-0.4, -0.2) is 65.3 Å². The van der Waals surface area contributed by atoms with Gasteiger partial charge >= 0.3 is 0 Å². The lowest BCUT2D eigenvalue weighted by Gasteiger charge is -2.56. The maximum absolute atomic E-state index is 6.27. The normalized spacial score (nSPS) is 29.7. The second kappa shape index (κ2) is 5.80. The SMILES string of the molecule is CC(C)N1CCC(CN)(N2CC(C)(C)OC(C)(C)C2)CC1. The van der Waals surface area contributed by atoms with Gasteiger partial charge in [0, 0.05) is 44.3 Å². The summed E-state index contributed by atoms with van der Waals surface area (Å²) >= 11 is 0. The minimum Gasteiger partial charge on any atom is -0.367 e. The smallest absolute Gasteiger partial charge is 0.0761 e. The van der Waals surface area contributed by atoms with Gasteiger partial charge in [0.25, 0.3) is 0 Å². The molecule has 21 heavy (non-hydrogen) atoms. The van der Waals surface area contributed by atoms with Gasteiger partial charge in [-0.1, -0.05) is 0 Å². The lowest BCUT2D eigenvalue weighted by molar-refractivity contribution is -0.203. The van der Waals surface area contributed by atoms with Crippen LogP contribution >= 0.6 is 0 Å². The van der Waals surface area contributed by atoms with Gasteiger partial charge in [-0.05, 0) is 54.4 Å². The van der Waals surface area contributed by atoms with Gasteiger partial charge < -0.3 is 15.4 Å². The van der Waals surface area contributed by atoms with Crippen LogP contribution in [0, 0.1) is 0 Å². The van der Waals surface area contributed by atoms with Crippen LogP contribution in [0.3, 0.4) is 0 Å². The number of ether oxygens (including phenoxy) is 1. The molecule has 0 radical (unpaired) electrons. The Hall–Kier alpha value is -0.160. The lowest BCUT2D eigenvalue weighted by Crippen LogP contribution is -2.68. The Morgan fingerprint density at radius 3 is 1.86 bits per heavy atom. The van der Waals surface area contributed by atoms with Gasteiger partial charge in [0.1, 0.15) is 0 Å². The minimum atomic E-state index is -0.0981. The highest BCUT2D eigenvalue weighted by molar-refractivity contribution is 5.02. The van der Waals surface area contributed by atoms with Gasteiger partial charge in [0.2, 0.25) is 0 Å². The van der Waals surface area contributed by atoms with E-state index in [-0.39, 0.29) is 16.7 Å². The number of rotatable bonds is 3. The molecule has 4 heteroatoms. The summed E-state index contributed by atoms with van der Waals surface area (Å²) < 4.78 is 6.24. The topological polar surface area (TPSA) is 41.7 Å². The Labute approximate surface area is 131 Å². The molecular weight excluding hydrogens is 262 g/mol. The van der Waals surface area contributed by atoms with E-state index in [0.29, 0.717) is 6.04 Å². The van der Waals surface area contributed by atoms with Crippen LogP contribution in [0.4, 0.5) is 0 Å². The van der Waals surface area contributed by atoms with Crippen molar-refractivity contribution in [2.75, 3.05) is 32.7 Å². The van der Waals surface area contributed by atoms with Crippen molar-refractivity contribution in [3.05, 3.63) is 0 Å². The molecule has 0 aromatic rings. The fourth-order valence-corrected chi connectivity index (χ4v) is 4.23. The molecule has 0 atom stereocenters. The standard InChI is InChI=1S/C17H35N3O/c1-14(2)19-9-7-17(11-18,8-10-19)20-12-15(3,4)21-16(5,6)13-20/h14H,7-13,18H2,1-6H3. The number of nitrogens with two attached hydrogens (primary N) is 1. The molecule has 2 N–H and O–H groups in total. The maximum atomic E-state index is 6.27. The fraction of sp³-hybridized carbons (Fsp3) is 1.00. The van der Waals surface area contributed by atoms with E-state index in [4.69, 9.17) is 10.5 Å². The van der Waals surface area contributed by atoms with Crippen molar-refractivity contribution in [1.82, 2.24) is 9.80 Å². The minimum absolute atomic E-state index is 0.0981. The van der Waals surface area contributed by atoms with Gasteiger partial charge in [-0.2, -0.15) is 0 Å². The van der Waals surface area contributed by atoms with Gasteiger partial charge in [-0.25, -0.2) is 0 Å². The van der Waals surface area contributed by atoms with E-state index in [2.05, 4.69) is 51.3 Å². The molecule has 124 valence electrons. The Morgan fingerprint density at radius 1 is 1.00 bits per heavy atom. The monoisotopic (exact) mass is 297 g/mol. The average molecular weight is 297 g/mol. The molecule has 0 aliphatic carbocycles. The quantitative estimate of drug-likeness (QED) is 0.866. The first kappa shape index (κ1) is 17.2. The van der Waals surface area contributed by atoms with Crippen molar-refractivity contribution in [1.29, 1.82) is 0 Å². The summed E-state index contributed by atoms with van der Waals surface area (Å²) in [7, 11) is 0. The molecule has 2 heterocycles. The number of morpholine rings is 1. The molecule has 0 aromatic carbocycles. The van der Waals surface area contributed by atoms with Crippen molar-refractivity contribution in [2.24, 2.45) is 5.73 Å². The molecule has 0 amide bonds. The van der Waals surface area contributed by atoms with Crippen molar-refractivity contribution in [3.63, 3.8) is 0 Å². The molecule has 2 fully saturated rings. The Morgan fingerprint density at radius 2 is 1.48 bits per heavy atom. The first-order chi connectivity index (χ1) is 9.59. The summed E-state index contributed by atoms with van der Waals surface area (Å²) in [6.45, 7) is 18.4. The number of piperidine rings is 1. The lowest BCUT2D eigenvalue weighted by atomic mass is 9.82. The van der Waals surface area contributed by atoms with Gasteiger partial charge in [-0.3, -0.25) is 4.90 Å². The van der Waals surface area contributed by atoms with Crippen LogP contribution in [0.25, 0.3) is 0 Å². The van der Waals surface area contributed by atoms with E-state index in [9.17, 15) is 0 Å². The third-order valence-corrected chi connectivity index (χ3v) is 5.21. The summed E-state index contributed by atoms with van der Waals surface area (Å²) in [5.74, 6) is 0. The molecule has 0 unspecified atom stereocenters. The summed E-state index contributed by atoms with van der Waals surface area (Å²) in [6.07, 6.45) is 2.35. The van der Waals surface area contributed by atoms with E-state index in [0.717, 1.165) is 32.7 Å². The third kappa shape index (κ3) is 3.79. The average Bonchev–Trinajstić information content (AvgIpc) is 2.35. The van der Waals surface area contributed by atoms with Crippen molar-refractivity contribution in [3.8, 4) is 0 Å². The molecule has 2 saturated heterocycles. The van der Waals surface area contributed by atoms with E-state index in [1.807, 2.05) is 0 Å². The number of hydrogen-bond acceptors (Lipinski definition) is 4. The molecule has 0 spiro atoms. The summed E-state index contributed by atoms with van der Waals surface area (Å²) in [6, 6.07) is 0.637. The number of hydrogen-bond donors (Lipinski definition) is 1. The van der Waals surface area contributed by atoms with E-state index < -0.39 is 0 Å². The summed E-state index contributed by atoms with van der Waals surface area (Å²) in [5.41, 5.74) is 6.23. The first-order valence-corrected chi connectivity index (χ1v) is 8.49. The zero-order chi connectivity index (χ0) is 15.9. The van der Waals surface area contributed by atoms with E-state index >= 15 is 0 Å².